The Kier molecular flexibility index (Phi) is 5.22. The van der Waals surface area contributed by atoms with Crippen molar-refractivity contribution in [1.82, 2.24) is 29.2 Å². The summed E-state index contributed by atoms with van der Waals surface area (Å²) in [4.78, 5) is 19.0. The first-order valence-corrected chi connectivity index (χ1v) is 11.7. The number of halogens is 1. The zero-order chi connectivity index (χ0) is 22.4. The molecule has 172 valence electrons. The highest BCUT2D eigenvalue weighted by molar-refractivity contribution is 6.00. The maximum atomic E-state index is 14.8. The van der Waals surface area contributed by atoms with Crippen molar-refractivity contribution in [3.63, 3.8) is 0 Å². The lowest BCUT2D eigenvalue weighted by Gasteiger charge is -2.39. The number of morpholine rings is 1. The van der Waals surface area contributed by atoms with Crippen LogP contribution in [0.1, 0.15) is 31.4 Å². The Labute approximate surface area is 191 Å². The fourth-order valence-corrected chi connectivity index (χ4v) is 5.33. The number of hydrogen-bond acceptors (Lipinski definition) is 6. The van der Waals surface area contributed by atoms with Crippen molar-refractivity contribution >= 4 is 22.5 Å². The van der Waals surface area contributed by atoms with Crippen molar-refractivity contribution < 1.29 is 9.13 Å². The van der Waals surface area contributed by atoms with Crippen molar-refractivity contribution in [2.45, 2.75) is 44.7 Å². The van der Waals surface area contributed by atoms with Gasteiger partial charge in [0.1, 0.15) is 17.8 Å². The van der Waals surface area contributed by atoms with Crippen LogP contribution in [0.5, 0.6) is 0 Å². The topological polar surface area (TPSA) is 83.4 Å². The minimum absolute atomic E-state index is 0.336. The van der Waals surface area contributed by atoms with E-state index in [0.717, 1.165) is 72.8 Å². The molecule has 1 saturated heterocycles. The molecule has 0 amide bonds. The molecule has 0 spiro atoms. The van der Waals surface area contributed by atoms with Gasteiger partial charge < -0.3 is 19.4 Å². The summed E-state index contributed by atoms with van der Waals surface area (Å²) in [6.07, 6.45) is 11.6. The van der Waals surface area contributed by atoms with Crippen molar-refractivity contribution in [2.75, 3.05) is 31.6 Å². The van der Waals surface area contributed by atoms with Gasteiger partial charge in [0.15, 0.2) is 11.5 Å². The molecule has 2 fully saturated rings. The number of pyridine rings is 1. The molecule has 6 rings (SSSR count). The molecule has 0 bridgehead atoms. The van der Waals surface area contributed by atoms with E-state index in [0.29, 0.717) is 17.7 Å². The first-order valence-electron chi connectivity index (χ1n) is 11.7. The highest BCUT2D eigenvalue weighted by atomic mass is 19.1. The Bertz CT molecular complexity index is 1280. The molecule has 0 unspecified atom stereocenters. The summed E-state index contributed by atoms with van der Waals surface area (Å²) in [7, 11) is 0. The van der Waals surface area contributed by atoms with Crippen molar-refractivity contribution in [2.24, 2.45) is 0 Å². The Morgan fingerprint density at radius 1 is 1.12 bits per heavy atom. The maximum Gasteiger partial charge on any atom is 0.173 e. The van der Waals surface area contributed by atoms with Crippen LogP contribution in [0.3, 0.4) is 0 Å². The number of ether oxygens (including phenoxy) is 1. The molecule has 2 N–H and O–H groups in total. The van der Waals surface area contributed by atoms with Gasteiger partial charge in [-0.2, -0.15) is 0 Å². The summed E-state index contributed by atoms with van der Waals surface area (Å²) in [5.41, 5.74) is 3.61. The first-order chi connectivity index (χ1) is 16.2. The van der Waals surface area contributed by atoms with Crippen LogP contribution < -0.4 is 5.32 Å². The predicted octanol–water partition coefficient (Wildman–Crippen LogP) is 3.78. The van der Waals surface area contributed by atoms with Crippen molar-refractivity contribution in [3.8, 4) is 11.1 Å². The summed E-state index contributed by atoms with van der Waals surface area (Å²) in [5.74, 6) is 0.455. The van der Waals surface area contributed by atoms with Gasteiger partial charge in [0.25, 0.3) is 0 Å². The molecule has 0 aromatic carbocycles. The van der Waals surface area contributed by atoms with E-state index in [-0.39, 0.29) is 5.82 Å². The van der Waals surface area contributed by atoms with Gasteiger partial charge in [-0.3, -0.25) is 4.90 Å². The molecule has 2 aliphatic rings. The number of fused-ring (bicyclic) bond motifs is 2. The molecule has 1 aliphatic carbocycles. The second-order valence-corrected chi connectivity index (χ2v) is 9.12. The molecule has 0 radical (unpaired) electrons. The second kappa shape index (κ2) is 8.39. The predicted molar refractivity (Wildman–Crippen MR) is 125 cm³/mol. The Hall–Kier alpha value is -3.04. The molecule has 1 aliphatic heterocycles. The molecule has 9 heteroatoms. The van der Waals surface area contributed by atoms with E-state index >= 15 is 0 Å². The van der Waals surface area contributed by atoms with E-state index < -0.39 is 0 Å². The number of aromatic nitrogens is 5. The third kappa shape index (κ3) is 3.75. The van der Waals surface area contributed by atoms with E-state index in [1.165, 1.54) is 18.9 Å². The lowest BCUT2D eigenvalue weighted by Crippen LogP contribution is -2.46. The van der Waals surface area contributed by atoms with E-state index in [1.54, 1.807) is 16.9 Å². The van der Waals surface area contributed by atoms with Crippen molar-refractivity contribution in [3.05, 3.63) is 42.5 Å². The number of aryl methyl sites for hydroxylation is 1. The van der Waals surface area contributed by atoms with Crippen LogP contribution in [0.4, 0.5) is 10.2 Å². The molecule has 8 nitrogen and oxygen atoms in total. The number of hydrogen-bond donors (Lipinski definition) is 2. The van der Waals surface area contributed by atoms with Gasteiger partial charge in [-0.15, -0.1) is 0 Å². The summed E-state index contributed by atoms with van der Waals surface area (Å²) >= 11 is 0. The van der Waals surface area contributed by atoms with Gasteiger partial charge in [0, 0.05) is 60.6 Å². The molecule has 5 heterocycles. The minimum Gasteiger partial charge on any atom is -0.379 e. The van der Waals surface area contributed by atoms with Crippen LogP contribution in [-0.4, -0.2) is 67.6 Å². The van der Waals surface area contributed by atoms with Crippen molar-refractivity contribution in [1.29, 1.82) is 0 Å². The van der Waals surface area contributed by atoms with Gasteiger partial charge in [0.2, 0.25) is 0 Å². The normalized spacial score (nSPS) is 22.2. The first kappa shape index (κ1) is 20.6. The Balaban J connectivity index is 1.27. The van der Waals surface area contributed by atoms with Crippen LogP contribution in [-0.2, 0) is 4.74 Å². The maximum absolute atomic E-state index is 14.8. The lowest BCUT2D eigenvalue weighted by molar-refractivity contribution is 0.00791. The van der Waals surface area contributed by atoms with Crippen LogP contribution in [0, 0.1) is 12.7 Å². The number of nitrogens with zero attached hydrogens (tertiary/aromatic N) is 5. The second-order valence-electron chi connectivity index (χ2n) is 9.12. The van der Waals surface area contributed by atoms with Gasteiger partial charge in [-0.05, 0) is 38.7 Å². The van der Waals surface area contributed by atoms with Gasteiger partial charge in [0.05, 0.1) is 18.6 Å². The molecular formula is C24H28FN7O. The highest BCUT2D eigenvalue weighted by Gasteiger charge is 2.27. The molecule has 0 atom stereocenters. The van der Waals surface area contributed by atoms with Crippen LogP contribution >= 0.6 is 0 Å². The third-order valence-electron chi connectivity index (χ3n) is 7.13. The monoisotopic (exact) mass is 449 g/mol. The van der Waals surface area contributed by atoms with E-state index in [1.807, 2.05) is 19.3 Å². The fourth-order valence-electron chi connectivity index (χ4n) is 5.33. The summed E-state index contributed by atoms with van der Waals surface area (Å²) in [6.45, 7) is 5.69. The Morgan fingerprint density at radius 2 is 1.94 bits per heavy atom. The zero-order valence-corrected chi connectivity index (χ0v) is 18.7. The average Bonchev–Trinajstić information content (AvgIpc) is 3.45. The number of rotatable bonds is 4. The standard InChI is InChI=1S/C24H28FN7O/c1-15-11-27-24-20(25)10-16(13-32(15)24)19-12-26-22-21(19)23(29-14-28-22)30-17-2-4-18(5-3-17)31-6-8-33-9-7-31/h10-14,17-18H,2-9H2,1H3,(H2,26,28,29,30). The highest BCUT2D eigenvalue weighted by Crippen LogP contribution is 2.34. The Morgan fingerprint density at radius 3 is 2.76 bits per heavy atom. The smallest absolute Gasteiger partial charge is 0.173 e. The zero-order valence-electron chi connectivity index (χ0n) is 18.7. The lowest BCUT2D eigenvalue weighted by atomic mass is 9.90. The largest absolute Gasteiger partial charge is 0.379 e. The van der Waals surface area contributed by atoms with Gasteiger partial charge in [-0.25, -0.2) is 19.3 Å². The van der Waals surface area contributed by atoms with Crippen LogP contribution in [0.2, 0.25) is 0 Å². The van der Waals surface area contributed by atoms with E-state index in [4.69, 9.17) is 4.74 Å². The number of anilines is 1. The number of imidazole rings is 1. The quantitative estimate of drug-likeness (QED) is 0.493. The van der Waals surface area contributed by atoms with E-state index in [9.17, 15) is 4.39 Å². The minimum atomic E-state index is -0.345. The number of H-pyrrole nitrogens is 1. The summed E-state index contributed by atoms with van der Waals surface area (Å²) < 4.78 is 22.1. The van der Waals surface area contributed by atoms with Gasteiger partial charge in [-0.1, -0.05) is 0 Å². The van der Waals surface area contributed by atoms with E-state index in [2.05, 4.69) is 30.2 Å². The molecule has 4 aromatic heterocycles. The van der Waals surface area contributed by atoms with Gasteiger partial charge >= 0.3 is 0 Å². The van der Waals surface area contributed by atoms with Crippen LogP contribution in [0.15, 0.2) is 31.0 Å². The van der Waals surface area contributed by atoms with Crippen LogP contribution in [0.25, 0.3) is 27.8 Å². The third-order valence-corrected chi connectivity index (χ3v) is 7.13. The number of nitrogens with one attached hydrogen (secondary N) is 2. The molecule has 33 heavy (non-hydrogen) atoms. The molecular weight excluding hydrogens is 421 g/mol. The summed E-state index contributed by atoms with van der Waals surface area (Å²) in [6, 6.07) is 2.54. The summed E-state index contributed by atoms with van der Waals surface area (Å²) in [5, 5.41) is 4.57. The molecule has 4 aromatic rings. The average molecular weight is 450 g/mol. The SMILES string of the molecule is Cc1cnc2c(F)cc(-c3c[nH]c4ncnc(NC5CCC(N6CCOCC6)CC5)c34)cn12. The molecule has 1 saturated carbocycles. The fraction of sp³-hybridized carbons (Fsp3) is 0.458. The number of aromatic amines is 1.